The highest BCUT2D eigenvalue weighted by Gasteiger charge is 2.18. The summed E-state index contributed by atoms with van der Waals surface area (Å²) in [5.74, 6) is 0.0399. The van der Waals surface area contributed by atoms with Crippen LogP contribution in [0.5, 0.6) is 0 Å². The number of hydrogen-bond donors (Lipinski definition) is 1. The zero-order valence-corrected chi connectivity index (χ0v) is 12.6. The quantitative estimate of drug-likeness (QED) is 0.483. The lowest BCUT2D eigenvalue weighted by molar-refractivity contribution is -0.142. The lowest BCUT2D eigenvalue weighted by atomic mass is 9.88. The summed E-state index contributed by atoms with van der Waals surface area (Å²) >= 11 is 0. The maximum Gasteiger partial charge on any atom is 0.306 e. The van der Waals surface area contributed by atoms with Gasteiger partial charge in [0.1, 0.15) is 0 Å². The zero-order valence-electron chi connectivity index (χ0n) is 12.6. The van der Waals surface area contributed by atoms with Crippen molar-refractivity contribution in [3.63, 3.8) is 0 Å². The maximum absolute atomic E-state index is 11.2. The summed E-state index contributed by atoms with van der Waals surface area (Å²) in [5, 5.41) is 9.25. The average Bonchev–Trinajstić information content (AvgIpc) is 2.35. The van der Waals surface area contributed by atoms with Gasteiger partial charge in [0.05, 0.1) is 5.92 Å². The molecule has 0 aromatic heterocycles. The minimum absolute atomic E-state index is 0.104. The first-order valence-corrected chi connectivity index (χ1v) is 7.88. The molecule has 18 heavy (non-hydrogen) atoms. The summed E-state index contributed by atoms with van der Waals surface area (Å²) in [6, 6.07) is 0. The lowest BCUT2D eigenvalue weighted by Crippen LogP contribution is -2.15. The van der Waals surface area contributed by atoms with E-state index in [1.807, 2.05) is 0 Å². The highest BCUT2D eigenvalue weighted by Crippen LogP contribution is 2.23. The number of rotatable bonds is 12. The minimum Gasteiger partial charge on any atom is -0.481 e. The Morgan fingerprint density at radius 1 is 0.889 bits per heavy atom. The Morgan fingerprint density at radius 3 is 2.11 bits per heavy atom. The van der Waals surface area contributed by atoms with Crippen molar-refractivity contribution in [1.29, 1.82) is 0 Å². The van der Waals surface area contributed by atoms with Crippen molar-refractivity contribution in [2.75, 3.05) is 0 Å². The molecule has 1 N–H and O–H groups in total. The van der Waals surface area contributed by atoms with Gasteiger partial charge in [0, 0.05) is 0 Å². The second-order valence-electron chi connectivity index (χ2n) is 5.52. The molecule has 2 atom stereocenters. The van der Waals surface area contributed by atoms with E-state index in [1.54, 1.807) is 0 Å². The van der Waals surface area contributed by atoms with Crippen molar-refractivity contribution >= 4 is 5.97 Å². The molecule has 108 valence electrons. The van der Waals surface area contributed by atoms with Crippen molar-refractivity contribution in [3.05, 3.63) is 0 Å². The maximum atomic E-state index is 11.2. The Hall–Kier alpha value is -0.530. The number of carbonyl (C=O) groups is 1. The Bertz CT molecular complexity index is 201. The molecule has 0 aliphatic heterocycles. The molecule has 2 heteroatoms. The summed E-state index contributed by atoms with van der Waals surface area (Å²) in [6.07, 6.45) is 11.2. The van der Waals surface area contributed by atoms with Gasteiger partial charge in [0.15, 0.2) is 0 Å². The summed E-state index contributed by atoms with van der Waals surface area (Å²) < 4.78 is 0. The van der Waals surface area contributed by atoms with Gasteiger partial charge in [-0.25, -0.2) is 0 Å². The number of aliphatic carboxylic acids is 1. The van der Waals surface area contributed by atoms with Crippen LogP contribution in [-0.4, -0.2) is 11.1 Å². The van der Waals surface area contributed by atoms with Crippen LogP contribution in [0.1, 0.15) is 85.0 Å². The van der Waals surface area contributed by atoms with Gasteiger partial charge in [-0.15, -0.1) is 0 Å². The molecule has 0 bridgehead atoms. The SMILES string of the molecule is CCCCCCC(CCC(CC)CCC)C(=O)O. The summed E-state index contributed by atoms with van der Waals surface area (Å²) in [4.78, 5) is 11.2. The summed E-state index contributed by atoms with van der Waals surface area (Å²) in [6.45, 7) is 6.62. The number of carboxylic acids is 1. The first-order valence-electron chi connectivity index (χ1n) is 7.88. The Kier molecular flexibility index (Phi) is 11.2. The van der Waals surface area contributed by atoms with Gasteiger partial charge in [-0.3, -0.25) is 4.79 Å². The first kappa shape index (κ1) is 17.5. The van der Waals surface area contributed by atoms with E-state index in [0.717, 1.165) is 31.6 Å². The molecule has 0 saturated carbocycles. The molecule has 0 aromatic carbocycles. The molecule has 0 aromatic rings. The van der Waals surface area contributed by atoms with Gasteiger partial charge in [0.25, 0.3) is 0 Å². The standard InChI is InChI=1S/C16H32O2/c1-4-7-8-9-11-15(16(17)18)13-12-14(6-3)10-5-2/h14-15H,4-13H2,1-3H3,(H,17,18). The number of hydrogen-bond acceptors (Lipinski definition) is 1. The topological polar surface area (TPSA) is 37.3 Å². The monoisotopic (exact) mass is 256 g/mol. The largest absolute Gasteiger partial charge is 0.481 e. The van der Waals surface area contributed by atoms with Crippen LogP contribution in [-0.2, 0) is 4.79 Å². The fraction of sp³-hybridized carbons (Fsp3) is 0.938. The molecule has 0 fully saturated rings. The molecule has 0 aliphatic rings. The summed E-state index contributed by atoms with van der Waals surface area (Å²) in [7, 11) is 0. The lowest BCUT2D eigenvalue weighted by Gasteiger charge is -2.17. The normalized spacial score (nSPS) is 14.4. The van der Waals surface area contributed by atoms with E-state index in [4.69, 9.17) is 0 Å². The summed E-state index contributed by atoms with van der Waals surface area (Å²) in [5.41, 5.74) is 0. The van der Waals surface area contributed by atoms with Gasteiger partial charge in [-0.2, -0.15) is 0 Å². The van der Waals surface area contributed by atoms with Crippen LogP contribution in [0.15, 0.2) is 0 Å². The molecule has 2 nitrogen and oxygen atoms in total. The Morgan fingerprint density at radius 2 is 1.61 bits per heavy atom. The van der Waals surface area contributed by atoms with E-state index < -0.39 is 5.97 Å². The second kappa shape index (κ2) is 11.6. The molecule has 0 heterocycles. The van der Waals surface area contributed by atoms with Crippen LogP contribution >= 0.6 is 0 Å². The van der Waals surface area contributed by atoms with Crippen molar-refractivity contribution in [3.8, 4) is 0 Å². The predicted molar refractivity (Wildman–Crippen MR) is 77.8 cm³/mol. The van der Waals surface area contributed by atoms with Crippen LogP contribution < -0.4 is 0 Å². The first-order chi connectivity index (χ1) is 8.65. The second-order valence-corrected chi connectivity index (χ2v) is 5.52. The molecule has 0 saturated heterocycles. The third-order valence-corrected chi connectivity index (χ3v) is 3.95. The van der Waals surface area contributed by atoms with Gasteiger partial charge in [-0.05, 0) is 25.2 Å². The predicted octanol–water partition coefficient (Wildman–Crippen LogP) is 5.26. The Labute approximate surface area is 113 Å². The van der Waals surface area contributed by atoms with E-state index in [0.29, 0.717) is 0 Å². The third-order valence-electron chi connectivity index (χ3n) is 3.95. The fourth-order valence-electron chi connectivity index (χ4n) is 2.61. The third kappa shape index (κ3) is 8.54. The van der Waals surface area contributed by atoms with E-state index >= 15 is 0 Å². The van der Waals surface area contributed by atoms with E-state index in [9.17, 15) is 9.90 Å². The van der Waals surface area contributed by atoms with Crippen LogP contribution in [0.25, 0.3) is 0 Å². The van der Waals surface area contributed by atoms with Gasteiger partial charge >= 0.3 is 5.97 Å². The van der Waals surface area contributed by atoms with Gasteiger partial charge in [0.2, 0.25) is 0 Å². The van der Waals surface area contributed by atoms with Crippen molar-refractivity contribution < 1.29 is 9.90 Å². The molecular formula is C16H32O2. The minimum atomic E-state index is -0.585. The van der Waals surface area contributed by atoms with E-state index in [1.165, 1.54) is 38.5 Å². The van der Waals surface area contributed by atoms with Crippen LogP contribution in [0.3, 0.4) is 0 Å². The van der Waals surface area contributed by atoms with Gasteiger partial charge < -0.3 is 5.11 Å². The molecular weight excluding hydrogens is 224 g/mol. The zero-order chi connectivity index (χ0) is 13.8. The van der Waals surface area contributed by atoms with Gasteiger partial charge in [-0.1, -0.05) is 65.7 Å². The fourth-order valence-corrected chi connectivity index (χ4v) is 2.61. The highest BCUT2D eigenvalue weighted by molar-refractivity contribution is 5.69. The smallest absolute Gasteiger partial charge is 0.306 e. The van der Waals surface area contributed by atoms with Crippen LogP contribution in [0.4, 0.5) is 0 Å². The molecule has 0 aliphatic carbocycles. The number of unbranched alkanes of at least 4 members (excludes halogenated alkanes) is 3. The average molecular weight is 256 g/mol. The molecule has 0 rings (SSSR count). The molecule has 0 spiro atoms. The molecule has 2 unspecified atom stereocenters. The molecule has 0 amide bonds. The Balaban J connectivity index is 3.91. The van der Waals surface area contributed by atoms with Crippen LogP contribution in [0, 0.1) is 11.8 Å². The van der Waals surface area contributed by atoms with Crippen molar-refractivity contribution in [2.45, 2.75) is 85.0 Å². The van der Waals surface area contributed by atoms with Crippen molar-refractivity contribution in [1.82, 2.24) is 0 Å². The van der Waals surface area contributed by atoms with Crippen molar-refractivity contribution in [2.24, 2.45) is 11.8 Å². The van der Waals surface area contributed by atoms with Crippen LogP contribution in [0.2, 0.25) is 0 Å². The molecule has 0 radical (unpaired) electrons. The van der Waals surface area contributed by atoms with E-state index in [2.05, 4.69) is 20.8 Å². The number of carboxylic acid groups (broad SMARTS) is 1. The van der Waals surface area contributed by atoms with E-state index in [-0.39, 0.29) is 5.92 Å². The highest BCUT2D eigenvalue weighted by atomic mass is 16.4.